The van der Waals surface area contributed by atoms with Crippen LogP contribution in [0.3, 0.4) is 0 Å². The molecule has 1 aromatic heterocycles. The van der Waals surface area contributed by atoms with Crippen LogP contribution in [-0.2, 0) is 9.59 Å². The Hall–Kier alpha value is -4.22. The van der Waals surface area contributed by atoms with Crippen LogP contribution >= 0.6 is 11.3 Å². The molecule has 17 heteroatoms. The predicted octanol–water partition coefficient (Wildman–Crippen LogP) is 4.10. The molecule has 1 saturated heterocycles. The van der Waals surface area contributed by atoms with E-state index in [-0.39, 0.29) is 5.13 Å². The molecule has 2 heterocycles. The number of hydrogen-bond acceptors (Lipinski definition) is 10. The molecule has 1 fully saturated rings. The van der Waals surface area contributed by atoms with E-state index >= 15 is 0 Å². The minimum atomic E-state index is -5.54. The number of piperazine rings is 1. The second-order valence-electron chi connectivity index (χ2n) is 9.32. The Kier molecular flexibility index (Phi) is 9.87. The molecule has 3 aromatic rings. The summed E-state index contributed by atoms with van der Waals surface area (Å²) in [7, 11) is 1.89. The van der Waals surface area contributed by atoms with Gasteiger partial charge in [0.05, 0.1) is 11.6 Å². The van der Waals surface area contributed by atoms with Gasteiger partial charge in [-0.2, -0.15) is 22.0 Å². The Morgan fingerprint density at radius 1 is 0.977 bits per heavy atom. The second-order valence-corrected chi connectivity index (χ2v) is 10.3. The lowest BCUT2D eigenvalue weighted by Crippen LogP contribution is -2.51. The minimum Gasteiger partial charge on any atom is -0.432 e. The molecule has 4 rings (SSSR count). The van der Waals surface area contributed by atoms with E-state index in [2.05, 4.69) is 30.3 Å². The number of carbonyl (C=O) groups is 3. The van der Waals surface area contributed by atoms with E-state index < -0.39 is 59.4 Å². The quantitative estimate of drug-likeness (QED) is 0.205. The van der Waals surface area contributed by atoms with Crippen molar-refractivity contribution in [3.8, 4) is 22.1 Å². The molecule has 0 radical (unpaired) electrons. The number of nitrogens with one attached hydrogen (secondary N) is 2. The summed E-state index contributed by atoms with van der Waals surface area (Å²) in [5, 5.41) is 12.7. The number of hydrogen-bond donors (Lipinski definition) is 2. The van der Waals surface area contributed by atoms with Gasteiger partial charge < -0.3 is 19.7 Å². The Bertz CT molecular complexity index is 1460. The van der Waals surface area contributed by atoms with Crippen molar-refractivity contribution in [3.05, 3.63) is 48.0 Å². The highest BCUT2D eigenvalue weighted by Crippen LogP contribution is 2.41. The van der Waals surface area contributed by atoms with E-state index in [0.29, 0.717) is 36.8 Å². The van der Waals surface area contributed by atoms with Crippen LogP contribution < -0.4 is 20.1 Å². The number of rotatable bonds is 9. The van der Waals surface area contributed by atoms with Gasteiger partial charge in [-0.25, -0.2) is 4.79 Å². The van der Waals surface area contributed by atoms with Crippen molar-refractivity contribution in [3.63, 3.8) is 0 Å². The highest BCUT2D eigenvalue weighted by atomic mass is 32.1. The van der Waals surface area contributed by atoms with Gasteiger partial charge >= 0.3 is 18.8 Å². The first kappa shape index (κ1) is 31.7. The molecule has 1 unspecified atom stereocenters. The Morgan fingerprint density at radius 3 is 2.28 bits per heavy atom. The summed E-state index contributed by atoms with van der Waals surface area (Å²) < 4.78 is 75.2. The molecule has 1 aliphatic heterocycles. The van der Waals surface area contributed by atoms with Gasteiger partial charge in [0.2, 0.25) is 11.0 Å². The molecule has 11 nitrogen and oxygen atoms in total. The fraction of sp³-hybridized carbons (Fsp3) is 0.346. The van der Waals surface area contributed by atoms with Crippen LogP contribution in [0.1, 0.15) is 17.3 Å². The molecular weight excluding hydrogens is 603 g/mol. The molecule has 1 atom stereocenters. The normalized spacial score (nSPS) is 15.2. The third-order valence-electron chi connectivity index (χ3n) is 6.39. The molecule has 2 amide bonds. The molecule has 0 aliphatic carbocycles. The van der Waals surface area contributed by atoms with Gasteiger partial charge in [0, 0.05) is 31.7 Å². The number of aromatic nitrogens is 2. The van der Waals surface area contributed by atoms with Crippen molar-refractivity contribution in [2.75, 3.05) is 43.9 Å². The first-order valence-electron chi connectivity index (χ1n) is 12.7. The van der Waals surface area contributed by atoms with Crippen LogP contribution in [0, 0.1) is 0 Å². The summed E-state index contributed by atoms with van der Waals surface area (Å²) >= 11 is 0.935. The smallest absolute Gasteiger partial charge is 0.432 e. The third kappa shape index (κ3) is 7.99. The fourth-order valence-corrected chi connectivity index (χ4v) is 4.79. The highest BCUT2D eigenvalue weighted by Gasteiger charge is 2.43. The van der Waals surface area contributed by atoms with Gasteiger partial charge in [-0.1, -0.05) is 41.7 Å². The van der Waals surface area contributed by atoms with Crippen molar-refractivity contribution >= 4 is 39.9 Å². The third-order valence-corrected chi connectivity index (χ3v) is 7.27. The Labute approximate surface area is 245 Å². The molecular formula is C26H25F5N6O5S. The van der Waals surface area contributed by atoms with E-state index in [4.69, 9.17) is 0 Å². The summed E-state index contributed by atoms with van der Waals surface area (Å²) in [5.74, 6) is -6.71. The predicted molar refractivity (Wildman–Crippen MR) is 145 cm³/mol. The van der Waals surface area contributed by atoms with Crippen LogP contribution in [0.5, 0.6) is 11.5 Å². The van der Waals surface area contributed by atoms with E-state index in [1.807, 2.05) is 11.9 Å². The molecule has 230 valence electrons. The van der Waals surface area contributed by atoms with Crippen LogP contribution in [0.2, 0.25) is 0 Å². The number of ether oxygens (including phenoxy) is 2. The van der Waals surface area contributed by atoms with E-state index in [0.717, 1.165) is 23.5 Å². The number of likely N-dealkylation sites (N-methyl/N-ethyl adjacent to an activating group) is 1. The van der Waals surface area contributed by atoms with Crippen molar-refractivity contribution in [1.82, 2.24) is 20.0 Å². The van der Waals surface area contributed by atoms with Crippen molar-refractivity contribution < 1.29 is 45.8 Å². The van der Waals surface area contributed by atoms with Gasteiger partial charge in [-0.05, 0) is 26.1 Å². The first-order valence-corrected chi connectivity index (χ1v) is 13.5. The second kappa shape index (κ2) is 13.4. The van der Waals surface area contributed by atoms with Crippen LogP contribution in [0.15, 0.2) is 42.5 Å². The highest BCUT2D eigenvalue weighted by molar-refractivity contribution is 7.18. The fourth-order valence-electron chi connectivity index (χ4n) is 4.05. The maximum Gasteiger partial charge on any atom is 0.491 e. The number of esters is 1. The molecule has 2 aromatic carbocycles. The molecule has 43 heavy (non-hydrogen) atoms. The Morgan fingerprint density at radius 2 is 1.65 bits per heavy atom. The maximum atomic E-state index is 13.3. The summed E-state index contributed by atoms with van der Waals surface area (Å²) in [6, 6.07) is 9.51. The molecule has 0 bridgehead atoms. The van der Waals surface area contributed by atoms with Gasteiger partial charge in [0.25, 0.3) is 5.91 Å². The summed E-state index contributed by atoms with van der Waals surface area (Å²) in [6.45, 7) is 0.214. The number of carbonyl (C=O) groups excluding carboxylic acids is 3. The van der Waals surface area contributed by atoms with E-state index in [1.54, 1.807) is 35.2 Å². The average Bonchev–Trinajstić information content (AvgIpc) is 3.42. The monoisotopic (exact) mass is 628 g/mol. The number of nitrogens with zero attached hydrogens (tertiary/aromatic N) is 4. The van der Waals surface area contributed by atoms with Gasteiger partial charge in [-0.15, -0.1) is 10.2 Å². The van der Waals surface area contributed by atoms with Crippen molar-refractivity contribution in [2.24, 2.45) is 0 Å². The first-order chi connectivity index (χ1) is 20.3. The van der Waals surface area contributed by atoms with E-state index in [1.165, 1.54) is 6.92 Å². The van der Waals surface area contributed by atoms with Crippen LogP contribution in [0.4, 0.5) is 32.8 Å². The van der Waals surface area contributed by atoms with Crippen LogP contribution in [0.25, 0.3) is 10.6 Å². The summed E-state index contributed by atoms with van der Waals surface area (Å²) in [6.07, 6.45) is -5.54. The van der Waals surface area contributed by atoms with E-state index in [9.17, 15) is 36.3 Å². The zero-order valence-electron chi connectivity index (χ0n) is 22.7. The summed E-state index contributed by atoms with van der Waals surface area (Å²) in [5.41, 5.74) is -0.898. The SMILES string of the molecule is CC(C(=O)Nc1c(OC(F)F)ccc(C(=O)Nc2nnc(-c3ccccc3)s2)c1OC(=O)C(F)(F)F)N1CCN(C)CC1. The molecule has 0 spiro atoms. The van der Waals surface area contributed by atoms with Gasteiger partial charge in [0.1, 0.15) is 10.7 Å². The zero-order valence-corrected chi connectivity index (χ0v) is 23.5. The molecule has 2 N–H and O–H groups in total. The topological polar surface area (TPSA) is 126 Å². The Balaban J connectivity index is 1.70. The lowest BCUT2D eigenvalue weighted by Gasteiger charge is -2.35. The number of anilines is 2. The van der Waals surface area contributed by atoms with Gasteiger partial charge in [-0.3, -0.25) is 19.8 Å². The van der Waals surface area contributed by atoms with Gasteiger partial charge in [0.15, 0.2) is 11.5 Å². The zero-order chi connectivity index (χ0) is 31.3. The number of amides is 2. The number of halogens is 5. The lowest BCUT2D eigenvalue weighted by molar-refractivity contribution is -0.189. The average molecular weight is 629 g/mol. The standard InChI is InChI=1S/C26H25F5N6O5S/c1-14(37-12-10-36(2)11-13-37)20(38)32-18-17(41-24(27)28)9-8-16(19(18)42-23(40)26(29,30)31)21(39)33-25-35-34-22(43-25)15-6-4-3-5-7-15/h3-9,14,24H,10-13H2,1-2H3,(H,32,38)(H,33,35,39). The largest absolute Gasteiger partial charge is 0.491 e. The van der Waals surface area contributed by atoms with Crippen molar-refractivity contribution in [2.45, 2.75) is 25.8 Å². The molecule has 0 saturated carbocycles. The lowest BCUT2D eigenvalue weighted by atomic mass is 10.1. The van der Waals surface area contributed by atoms with Crippen molar-refractivity contribution in [1.29, 1.82) is 0 Å². The summed E-state index contributed by atoms with van der Waals surface area (Å²) in [4.78, 5) is 42.1. The maximum absolute atomic E-state index is 13.3. The molecule has 1 aliphatic rings. The minimum absolute atomic E-state index is 0.0702. The number of benzene rings is 2. The van der Waals surface area contributed by atoms with Crippen LogP contribution in [-0.4, -0.2) is 89.8 Å². The number of alkyl halides is 5.